The Morgan fingerprint density at radius 2 is 1.78 bits per heavy atom. The predicted octanol–water partition coefficient (Wildman–Crippen LogP) is 5.39. The highest BCUT2D eigenvalue weighted by Crippen LogP contribution is 2.24. The topological polar surface area (TPSA) is 12.0 Å². The Morgan fingerprint density at radius 3 is 2.50 bits per heavy atom. The van der Waals surface area contributed by atoms with Gasteiger partial charge in [-0.15, -0.1) is 0 Å². The van der Waals surface area contributed by atoms with Crippen molar-refractivity contribution >= 4 is 37.5 Å². The van der Waals surface area contributed by atoms with Crippen LogP contribution in [-0.2, 0) is 13.0 Å². The number of hydrogen-bond donors (Lipinski definition) is 1. The molecule has 0 amide bonds. The first-order chi connectivity index (χ1) is 8.70. The lowest BCUT2D eigenvalue weighted by Gasteiger charge is -2.11. The second-order valence-electron chi connectivity index (χ2n) is 4.11. The minimum Gasteiger partial charge on any atom is -0.381 e. The molecule has 0 aliphatic carbocycles. The Bertz CT molecular complexity index is 538. The maximum absolute atomic E-state index is 3.53. The molecule has 1 N–H and O–H groups in total. The molecule has 2 aromatic rings. The third-order valence-electron chi connectivity index (χ3n) is 2.87. The van der Waals surface area contributed by atoms with Crippen LogP contribution in [0.3, 0.4) is 0 Å². The first-order valence-electron chi connectivity index (χ1n) is 5.96. The molecule has 0 atom stereocenters. The summed E-state index contributed by atoms with van der Waals surface area (Å²) in [7, 11) is 0. The number of anilines is 1. The molecule has 1 nitrogen and oxygen atoms in total. The van der Waals surface area contributed by atoms with E-state index in [1.165, 1.54) is 16.8 Å². The first kappa shape index (κ1) is 13.6. The van der Waals surface area contributed by atoms with Gasteiger partial charge in [-0.3, -0.25) is 0 Å². The van der Waals surface area contributed by atoms with Crippen molar-refractivity contribution in [2.75, 3.05) is 5.32 Å². The number of aryl methyl sites for hydroxylation is 1. The molecule has 0 aliphatic rings. The smallest absolute Gasteiger partial charge is 0.0401 e. The van der Waals surface area contributed by atoms with Crippen LogP contribution in [0.25, 0.3) is 0 Å². The largest absolute Gasteiger partial charge is 0.381 e. The van der Waals surface area contributed by atoms with Gasteiger partial charge in [0.1, 0.15) is 0 Å². The molecule has 2 aromatic carbocycles. The minimum atomic E-state index is 0.836. The van der Waals surface area contributed by atoms with E-state index >= 15 is 0 Å². The van der Waals surface area contributed by atoms with Crippen molar-refractivity contribution in [3.05, 3.63) is 62.5 Å². The van der Waals surface area contributed by atoms with E-state index in [2.05, 4.69) is 86.6 Å². The average molecular weight is 369 g/mol. The minimum absolute atomic E-state index is 0.836. The van der Waals surface area contributed by atoms with Gasteiger partial charge in [-0.25, -0.2) is 0 Å². The van der Waals surface area contributed by atoms with E-state index in [-0.39, 0.29) is 0 Å². The van der Waals surface area contributed by atoms with Crippen LogP contribution in [0.5, 0.6) is 0 Å². The van der Waals surface area contributed by atoms with Gasteiger partial charge in [0.25, 0.3) is 0 Å². The Kier molecular flexibility index (Phi) is 4.84. The van der Waals surface area contributed by atoms with E-state index in [4.69, 9.17) is 0 Å². The lowest BCUT2D eigenvalue weighted by atomic mass is 10.1. The fraction of sp³-hybridized carbons (Fsp3) is 0.200. The van der Waals surface area contributed by atoms with Crippen LogP contribution in [0.1, 0.15) is 18.1 Å². The highest BCUT2D eigenvalue weighted by molar-refractivity contribution is 9.13. The molecule has 0 saturated carbocycles. The summed E-state index contributed by atoms with van der Waals surface area (Å²) in [6.07, 6.45) is 1.05. The molecular weight excluding hydrogens is 354 g/mol. The molecule has 0 bridgehead atoms. The van der Waals surface area contributed by atoms with Gasteiger partial charge in [0.05, 0.1) is 0 Å². The monoisotopic (exact) mass is 367 g/mol. The van der Waals surface area contributed by atoms with Crippen LogP contribution in [-0.4, -0.2) is 0 Å². The molecule has 2 rings (SSSR count). The van der Waals surface area contributed by atoms with Gasteiger partial charge < -0.3 is 5.32 Å². The van der Waals surface area contributed by atoms with E-state index in [9.17, 15) is 0 Å². The summed E-state index contributed by atoms with van der Waals surface area (Å²) in [4.78, 5) is 0. The van der Waals surface area contributed by atoms with Crippen molar-refractivity contribution in [1.29, 1.82) is 0 Å². The van der Waals surface area contributed by atoms with Gasteiger partial charge in [-0.1, -0.05) is 31.2 Å². The zero-order valence-corrected chi connectivity index (χ0v) is 13.4. The van der Waals surface area contributed by atoms with Crippen molar-refractivity contribution in [3.8, 4) is 0 Å². The summed E-state index contributed by atoms with van der Waals surface area (Å²) >= 11 is 7.01. The van der Waals surface area contributed by atoms with E-state index < -0.39 is 0 Å². The molecule has 18 heavy (non-hydrogen) atoms. The van der Waals surface area contributed by atoms with Gasteiger partial charge in [0, 0.05) is 21.2 Å². The van der Waals surface area contributed by atoms with Crippen molar-refractivity contribution in [2.24, 2.45) is 0 Å². The SMILES string of the molecule is CCc1ccccc1NCc1ccc(Br)c(Br)c1. The number of hydrogen-bond acceptors (Lipinski definition) is 1. The van der Waals surface area contributed by atoms with Gasteiger partial charge in [-0.2, -0.15) is 0 Å². The third-order valence-corrected chi connectivity index (χ3v) is 4.74. The Hall–Kier alpha value is -0.800. The number of halogens is 2. The first-order valence-corrected chi connectivity index (χ1v) is 7.55. The Labute approximate surface area is 125 Å². The third kappa shape index (κ3) is 3.36. The second-order valence-corrected chi connectivity index (χ2v) is 5.82. The standard InChI is InChI=1S/C15H15Br2N/c1-2-12-5-3-4-6-15(12)18-10-11-7-8-13(16)14(17)9-11/h3-9,18H,2,10H2,1H3. The zero-order valence-electron chi connectivity index (χ0n) is 10.2. The van der Waals surface area contributed by atoms with Crippen LogP contribution in [0, 0.1) is 0 Å². The summed E-state index contributed by atoms with van der Waals surface area (Å²) in [5.74, 6) is 0. The summed E-state index contributed by atoms with van der Waals surface area (Å²) < 4.78 is 2.17. The molecule has 0 spiro atoms. The molecule has 0 aromatic heterocycles. The highest BCUT2D eigenvalue weighted by atomic mass is 79.9. The molecule has 0 fully saturated rings. The highest BCUT2D eigenvalue weighted by Gasteiger charge is 2.01. The molecule has 94 valence electrons. The summed E-state index contributed by atoms with van der Waals surface area (Å²) in [5.41, 5.74) is 3.84. The van der Waals surface area contributed by atoms with E-state index in [0.29, 0.717) is 0 Å². The lowest BCUT2D eigenvalue weighted by Crippen LogP contribution is -2.01. The maximum Gasteiger partial charge on any atom is 0.0401 e. The molecule has 0 saturated heterocycles. The zero-order chi connectivity index (χ0) is 13.0. The van der Waals surface area contributed by atoms with Crippen LogP contribution in [0.4, 0.5) is 5.69 Å². The molecule has 3 heteroatoms. The number of nitrogens with one attached hydrogen (secondary N) is 1. The summed E-state index contributed by atoms with van der Waals surface area (Å²) in [5, 5.41) is 3.49. The average Bonchev–Trinajstić information content (AvgIpc) is 2.40. The van der Waals surface area contributed by atoms with Crippen LogP contribution < -0.4 is 5.32 Å². The summed E-state index contributed by atoms with van der Waals surface area (Å²) in [6, 6.07) is 14.8. The van der Waals surface area contributed by atoms with Crippen molar-refractivity contribution < 1.29 is 0 Å². The lowest BCUT2D eigenvalue weighted by molar-refractivity contribution is 1.09. The van der Waals surface area contributed by atoms with Crippen molar-refractivity contribution in [3.63, 3.8) is 0 Å². The van der Waals surface area contributed by atoms with Gasteiger partial charge >= 0.3 is 0 Å². The molecule has 0 unspecified atom stereocenters. The van der Waals surface area contributed by atoms with Crippen molar-refractivity contribution in [1.82, 2.24) is 0 Å². The predicted molar refractivity (Wildman–Crippen MR) is 85.0 cm³/mol. The van der Waals surface area contributed by atoms with Gasteiger partial charge in [0.2, 0.25) is 0 Å². The van der Waals surface area contributed by atoms with E-state index in [0.717, 1.165) is 21.9 Å². The maximum atomic E-state index is 3.53. The van der Waals surface area contributed by atoms with Crippen LogP contribution >= 0.6 is 31.9 Å². The van der Waals surface area contributed by atoms with Crippen LogP contribution in [0.2, 0.25) is 0 Å². The second kappa shape index (κ2) is 6.39. The fourth-order valence-corrected chi connectivity index (χ4v) is 2.52. The molecule has 0 aliphatic heterocycles. The van der Waals surface area contributed by atoms with Gasteiger partial charge in [0.15, 0.2) is 0 Å². The number of para-hydroxylation sites is 1. The van der Waals surface area contributed by atoms with Crippen LogP contribution in [0.15, 0.2) is 51.4 Å². The van der Waals surface area contributed by atoms with E-state index in [1.54, 1.807) is 0 Å². The van der Waals surface area contributed by atoms with Crippen molar-refractivity contribution in [2.45, 2.75) is 19.9 Å². The molecule has 0 radical (unpaired) electrons. The van der Waals surface area contributed by atoms with E-state index in [1.807, 2.05) is 0 Å². The number of rotatable bonds is 4. The fourth-order valence-electron chi connectivity index (χ4n) is 1.85. The molecule has 0 heterocycles. The normalized spacial score (nSPS) is 10.4. The Balaban J connectivity index is 2.09. The quantitative estimate of drug-likeness (QED) is 0.763. The molecular formula is C15H15Br2N. The van der Waals surface area contributed by atoms with Gasteiger partial charge in [-0.05, 0) is 67.6 Å². The number of benzene rings is 2. The summed E-state index contributed by atoms with van der Waals surface area (Å²) in [6.45, 7) is 3.01. The Morgan fingerprint density at radius 1 is 1.00 bits per heavy atom.